The molecule has 7 heteroatoms. The topological polar surface area (TPSA) is 105 Å². The Hall–Kier alpha value is -0.990. The first-order valence-electron chi connectivity index (χ1n) is 18.6. The predicted molar refractivity (Wildman–Crippen MR) is 175 cm³/mol. The molecule has 3 N–H and O–H groups in total. The highest BCUT2D eigenvalue weighted by Gasteiger charge is 2.41. The zero-order chi connectivity index (χ0) is 31.6. The second-order valence-corrected chi connectivity index (χ2v) is 14.0. The number of hydrogen-bond donors (Lipinski definition) is 3. The van der Waals surface area contributed by atoms with E-state index in [0.717, 1.165) is 82.6 Å². The second kappa shape index (κ2) is 21.7. The van der Waals surface area contributed by atoms with Crippen molar-refractivity contribution in [1.29, 1.82) is 0 Å². The quantitative estimate of drug-likeness (QED) is 0.0703. The average Bonchev–Trinajstić information content (AvgIpc) is 3.75. The lowest BCUT2D eigenvalue weighted by molar-refractivity contribution is -0.139. The molecule has 2 saturated heterocycles. The fraction of sp³-hybridized carbons (Fsp3) is 0.919. The van der Waals surface area contributed by atoms with Gasteiger partial charge in [0.25, 0.3) is 0 Å². The number of aliphatic hydroxyl groups is 3. The number of rotatable bonds is 25. The van der Waals surface area contributed by atoms with Gasteiger partial charge in [-0.1, -0.05) is 103 Å². The molecule has 2 fully saturated rings. The van der Waals surface area contributed by atoms with Gasteiger partial charge in [0.1, 0.15) is 6.10 Å². The zero-order valence-electron chi connectivity index (χ0n) is 28.1. The summed E-state index contributed by atoms with van der Waals surface area (Å²) in [7, 11) is 0. The van der Waals surface area contributed by atoms with Gasteiger partial charge in [-0.2, -0.15) is 0 Å². The molecule has 3 heterocycles. The van der Waals surface area contributed by atoms with E-state index in [9.17, 15) is 20.1 Å². The van der Waals surface area contributed by atoms with Crippen LogP contribution in [0.1, 0.15) is 168 Å². The summed E-state index contributed by atoms with van der Waals surface area (Å²) in [5.41, 5.74) is 0.810. The van der Waals surface area contributed by atoms with Crippen LogP contribution in [0.4, 0.5) is 0 Å². The monoisotopic (exact) mass is 622 g/mol. The minimum atomic E-state index is -0.666. The molecule has 2 unspecified atom stereocenters. The van der Waals surface area contributed by atoms with Crippen LogP contribution in [-0.2, 0) is 19.0 Å². The van der Waals surface area contributed by atoms with Gasteiger partial charge in [-0.25, -0.2) is 4.79 Å². The smallest absolute Gasteiger partial charge is 0.334 e. The first kappa shape index (κ1) is 37.5. The average molecular weight is 623 g/mol. The molecule has 0 aromatic rings. The van der Waals surface area contributed by atoms with Crippen molar-refractivity contribution in [3.05, 3.63) is 11.6 Å². The number of ether oxygens (including phenoxy) is 3. The number of unbranched alkanes of at least 4 members (excludes halogenated alkanes) is 14. The number of carbonyl (C=O) groups is 1. The van der Waals surface area contributed by atoms with Gasteiger partial charge >= 0.3 is 5.97 Å². The van der Waals surface area contributed by atoms with Crippen LogP contribution in [-0.4, -0.2) is 70.1 Å². The van der Waals surface area contributed by atoms with Crippen molar-refractivity contribution in [2.45, 2.75) is 217 Å². The van der Waals surface area contributed by atoms with Gasteiger partial charge < -0.3 is 29.5 Å². The fourth-order valence-corrected chi connectivity index (χ4v) is 7.28. The Kier molecular flexibility index (Phi) is 18.5. The number of aliphatic hydroxyl groups excluding tert-OH is 3. The highest BCUT2D eigenvalue weighted by molar-refractivity contribution is 5.90. The number of cyclic esters (lactones) is 1. The van der Waals surface area contributed by atoms with Gasteiger partial charge in [-0.3, -0.25) is 0 Å². The highest BCUT2D eigenvalue weighted by atomic mass is 16.6. The fourth-order valence-electron chi connectivity index (χ4n) is 7.28. The minimum absolute atomic E-state index is 0.00638. The maximum Gasteiger partial charge on any atom is 0.334 e. The third-order valence-electron chi connectivity index (χ3n) is 10.0. The van der Waals surface area contributed by atoms with Crippen LogP contribution in [0.3, 0.4) is 0 Å². The van der Waals surface area contributed by atoms with Gasteiger partial charge in [0.15, 0.2) is 0 Å². The van der Waals surface area contributed by atoms with Crippen molar-refractivity contribution in [1.82, 2.24) is 0 Å². The maximum absolute atomic E-state index is 11.7. The third kappa shape index (κ3) is 14.2. The third-order valence-corrected chi connectivity index (χ3v) is 10.0. The molecule has 3 aliphatic rings. The summed E-state index contributed by atoms with van der Waals surface area (Å²) < 4.78 is 17.6. The highest BCUT2D eigenvalue weighted by Crippen LogP contribution is 2.34. The number of hydrogen-bond acceptors (Lipinski definition) is 7. The van der Waals surface area contributed by atoms with Crippen LogP contribution in [0, 0.1) is 0 Å². The summed E-state index contributed by atoms with van der Waals surface area (Å²) in [6, 6.07) is 0. The standard InChI is InChI=1S/C37H66O7/c1-3-4-5-6-7-8-9-10-11-15-18-21-31(39)33-22-24-35(43-33)36-25-23-34(44-36)32(40)27-30(38)20-17-14-12-13-16-19-29-26-28(2)42-37(29)41/h26,28,30-36,38-40H,3-25,27H2,1-2H3/t28?,30?,31-,32+,33+,34+,35+,36+/m0/s1. The van der Waals surface area contributed by atoms with Crippen LogP contribution in [0.15, 0.2) is 11.6 Å². The van der Waals surface area contributed by atoms with Crippen LogP contribution in [0.2, 0.25) is 0 Å². The lowest BCUT2D eigenvalue weighted by Gasteiger charge is -2.25. The molecule has 256 valence electrons. The first-order chi connectivity index (χ1) is 21.4. The van der Waals surface area contributed by atoms with Gasteiger partial charge in [-0.15, -0.1) is 0 Å². The maximum atomic E-state index is 11.7. The first-order valence-corrected chi connectivity index (χ1v) is 18.6. The van der Waals surface area contributed by atoms with Crippen molar-refractivity contribution >= 4 is 5.97 Å². The van der Waals surface area contributed by atoms with E-state index in [1.54, 1.807) is 0 Å². The molecule has 0 bridgehead atoms. The minimum Gasteiger partial charge on any atom is -0.455 e. The summed E-state index contributed by atoms with van der Waals surface area (Å²) in [6.07, 6.45) is 25.4. The van der Waals surface area contributed by atoms with E-state index in [1.165, 1.54) is 64.2 Å². The molecular weight excluding hydrogens is 556 g/mol. The van der Waals surface area contributed by atoms with Gasteiger partial charge in [-0.05, 0) is 64.4 Å². The normalized spacial score (nSPS) is 27.4. The molecule has 0 radical (unpaired) electrons. The van der Waals surface area contributed by atoms with Crippen LogP contribution in [0.25, 0.3) is 0 Å². The Balaban J connectivity index is 1.17. The molecule has 0 aliphatic carbocycles. The lowest BCUT2D eigenvalue weighted by atomic mass is 9.99. The van der Waals surface area contributed by atoms with Crippen molar-refractivity contribution < 1.29 is 34.3 Å². The molecule has 0 amide bonds. The number of esters is 1. The summed E-state index contributed by atoms with van der Waals surface area (Å²) in [4.78, 5) is 11.7. The van der Waals surface area contributed by atoms with Crippen molar-refractivity contribution in [3.63, 3.8) is 0 Å². The molecule has 0 aromatic heterocycles. The van der Waals surface area contributed by atoms with E-state index in [-0.39, 0.29) is 36.5 Å². The molecule has 0 aromatic carbocycles. The molecule has 7 nitrogen and oxygen atoms in total. The Morgan fingerprint density at radius 3 is 1.73 bits per heavy atom. The van der Waals surface area contributed by atoms with Gasteiger partial charge in [0, 0.05) is 12.0 Å². The molecule has 0 spiro atoms. The molecule has 3 rings (SSSR count). The Morgan fingerprint density at radius 2 is 1.18 bits per heavy atom. The Labute approximate surface area is 268 Å². The summed E-state index contributed by atoms with van der Waals surface area (Å²) >= 11 is 0. The Morgan fingerprint density at radius 1 is 0.682 bits per heavy atom. The van der Waals surface area contributed by atoms with E-state index in [2.05, 4.69) is 6.92 Å². The van der Waals surface area contributed by atoms with Crippen molar-refractivity contribution in [3.8, 4) is 0 Å². The van der Waals surface area contributed by atoms with E-state index in [1.807, 2.05) is 13.0 Å². The number of carbonyl (C=O) groups excluding carboxylic acids is 1. The van der Waals surface area contributed by atoms with Gasteiger partial charge in [0.2, 0.25) is 0 Å². The van der Waals surface area contributed by atoms with Crippen molar-refractivity contribution in [2.24, 2.45) is 0 Å². The van der Waals surface area contributed by atoms with E-state index in [0.29, 0.717) is 12.8 Å². The molecule has 0 saturated carbocycles. The van der Waals surface area contributed by atoms with E-state index in [4.69, 9.17) is 14.2 Å². The predicted octanol–water partition coefficient (Wildman–Crippen LogP) is 7.86. The van der Waals surface area contributed by atoms with E-state index < -0.39 is 18.3 Å². The van der Waals surface area contributed by atoms with Crippen LogP contribution < -0.4 is 0 Å². The lowest BCUT2D eigenvalue weighted by Crippen LogP contribution is -2.34. The molecule has 44 heavy (non-hydrogen) atoms. The second-order valence-electron chi connectivity index (χ2n) is 14.0. The van der Waals surface area contributed by atoms with Crippen LogP contribution in [0.5, 0.6) is 0 Å². The molecule has 3 aliphatic heterocycles. The summed E-state index contributed by atoms with van der Waals surface area (Å²) in [5, 5.41) is 32.0. The Bertz CT molecular complexity index is 801. The van der Waals surface area contributed by atoms with Crippen molar-refractivity contribution in [2.75, 3.05) is 0 Å². The van der Waals surface area contributed by atoms with Crippen LogP contribution >= 0.6 is 0 Å². The largest absolute Gasteiger partial charge is 0.455 e. The molecular formula is C37H66O7. The van der Waals surface area contributed by atoms with Gasteiger partial charge in [0.05, 0.1) is 42.7 Å². The summed E-state index contributed by atoms with van der Waals surface area (Å²) in [6.45, 7) is 4.15. The molecule has 8 atom stereocenters. The SMILES string of the molecule is CCCCCCCCCCCCC[C@H](O)[C@H]1CC[C@H]([C@H]2CC[C@H]([C@H](O)CC(O)CCCCCCCC3=CC(C)OC3=O)O2)O1. The summed E-state index contributed by atoms with van der Waals surface area (Å²) in [5.74, 6) is -0.166. The zero-order valence-corrected chi connectivity index (χ0v) is 28.1. The van der Waals surface area contributed by atoms with E-state index >= 15 is 0 Å².